The van der Waals surface area contributed by atoms with Crippen LogP contribution in [0.1, 0.15) is 41.1 Å². The van der Waals surface area contributed by atoms with E-state index in [0.717, 1.165) is 5.69 Å². The van der Waals surface area contributed by atoms with Crippen molar-refractivity contribution in [2.75, 3.05) is 13.1 Å². The number of nitrogens with zero attached hydrogens (tertiary/aromatic N) is 3. The first-order chi connectivity index (χ1) is 10.0. The molecule has 1 aliphatic rings. The number of hydrogen-bond acceptors (Lipinski definition) is 5. The van der Waals surface area contributed by atoms with Crippen LogP contribution in [0, 0.1) is 6.92 Å². The van der Waals surface area contributed by atoms with Gasteiger partial charge in [-0.3, -0.25) is 4.79 Å². The quantitative estimate of drug-likeness (QED) is 0.879. The van der Waals surface area contributed by atoms with E-state index in [1.807, 2.05) is 13.8 Å². The summed E-state index contributed by atoms with van der Waals surface area (Å²) in [6, 6.07) is 1.75. The first-order valence-corrected chi connectivity index (χ1v) is 7.02. The van der Waals surface area contributed by atoms with Gasteiger partial charge in [0.15, 0.2) is 11.4 Å². The molecule has 2 aromatic heterocycles. The van der Waals surface area contributed by atoms with Gasteiger partial charge in [-0.25, -0.2) is 0 Å². The molecule has 2 N–H and O–H groups in total. The third-order valence-corrected chi connectivity index (χ3v) is 3.90. The summed E-state index contributed by atoms with van der Waals surface area (Å²) in [5.74, 6) is 0.657. The lowest BCUT2D eigenvalue weighted by Crippen LogP contribution is -2.34. The number of hydrogen-bond donors (Lipinski definition) is 2. The highest BCUT2D eigenvalue weighted by atomic mass is 16.5. The fraction of sp³-hybridized carbons (Fsp3) is 0.500. The van der Waals surface area contributed by atoms with Gasteiger partial charge in [0.2, 0.25) is 0 Å². The molecular formula is C14H18N4O3. The SMILES string of the molecule is CCc1noc(C2(O)CCN(C(=O)c3cc[nH]c3C)C2)n1. The van der Waals surface area contributed by atoms with Crippen molar-refractivity contribution in [1.82, 2.24) is 20.0 Å². The first-order valence-electron chi connectivity index (χ1n) is 7.02. The molecule has 3 heterocycles. The van der Waals surface area contributed by atoms with Crippen LogP contribution in [-0.4, -0.2) is 44.1 Å². The zero-order chi connectivity index (χ0) is 15.0. The minimum absolute atomic E-state index is 0.0973. The van der Waals surface area contributed by atoms with Gasteiger partial charge in [-0.15, -0.1) is 0 Å². The summed E-state index contributed by atoms with van der Waals surface area (Å²) in [5, 5.41) is 14.5. The molecule has 1 amide bonds. The molecule has 7 heteroatoms. The van der Waals surface area contributed by atoms with Crippen molar-refractivity contribution in [3.05, 3.63) is 35.2 Å². The molecule has 0 aliphatic carbocycles. The molecule has 1 fully saturated rings. The highest BCUT2D eigenvalue weighted by Crippen LogP contribution is 2.31. The van der Waals surface area contributed by atoms with E-state index >= 15 is 0 Å². The van der Waals surface area contributed by atoms with Crippen molar-refractivity contribution in [2.24, 2.45) is 0 Å². The number of carbonyl (C=O) groups is 1. The maximum atomic E-state index is 12.4. The van der Waals surface area contributed by atoms with Crippen LogP contribution in [-0.2, 0) is 12.0 Å². The molecule has 0 saturated carbocycles. The van der Waals surface area contributed by atoms with Crippen LogP contribution in [0.25, 0.3) is 0 Å². The number of nitrogens with one attached hydrogen (secondary N) is 1. The molecule has 3 rings (SSSR count). The van der Waals surface area contributed by atoms with Gasteiger partial charge in [0.05, 0.1) is 12.1 Å². The Hall–Kier alpha value is -2.15. The average molecular weight is 290 g/mol. The van der Waals surface area contributed by atoms with Gasteiger partial charge >= 0.3 is 0 Å². The lowest BCUT2D eigenvalue weighted by atomic mass is 10.0. The normalized spacial score (nSPS) is 22.0. The summed E-state index contributed by atoms with van der Waals surface area (Å²) >= 11 is 0. The Kier molecular flexibility index (Phi) is 3.29. The highest BCUT2D eigenvalue weighted by molar-refractivity contribution is 5.95. The minimum Gasteiger partial charge on any atom is -0.378 e. The topological polar surface area (TPSA) is 95.3 Å². The van der Waals surface area contributed by atoms with Crippen LogP contribution in [0.4, 0.5) is 0 Å². The Morgan fingerprint density at radius 1 is 1.62 bits per heavy atom. The predicted molar refractivity (Wildman–Crippen MR) is 73.6 cm³/mol. The molecule has 1 aliphatic heterocycles. The van der Waals surface area contributed by atoms with Gasteiger partial charge in [0, 0.05) is 31.3 Å². The summed E-state index contributed by atoms with van der Waals surface area (Å²) in [6.45, 7) is 4.39. The van der Waals surface area contributed by atoms with Gasteiger partial charge in [-0.1, -0.05) is 12.1 Å². The summed E-state index contributed by atoms with van der Waals surface area (Å²) in [7, 11) is 0. The van der Waals surface area contributed by atoms with E-state index in [9.17, 15) is 9.90 Å². The zero-order valence-corrected chi connectivity index (χ0v) is 12.1. The van der Waals surface area contributed by atoms with E-state index in [2.05, 4.69) is 15.1 Å². The van der Waals surface area contributed by atoms with Crippen LogP contribution in [0.3, 0.4) is 0 Å². The molecule has 2 aromatic rings. The fourth-order valence-corrected chi connectivity index (χ4v) is 2.58. The number of aromatic nitrogens is 3. The molecule has 1 atom stereocenters. The van der Waals surface area contributed by atoms with Gasteiger partial charge in [-0.05, 0) is 13.0 Å². The second-order valence-corrected chi connectivity index (χ2v) is 5.39. The molecule has 1 saturated heterocycles. The van der Waals surface area contributed by atoms with E-state index in [1.54, 1.807) is 17.2 Å². The average Bonchev–Trinajstić information content (AvgIpc) is 3.17. The van der Waals surface area contributed by atoms with Crippen LogP contribution in [0.15, 0.2) is 16.8 Å². The first kappa shape index (κ1) is 13.8. The van der Waals surface area contributed by atoms with Crippen molar-refractivity contribution in [2.45, 2.75) is 32.3 Å². The number of aryl methyl sites for hydroxylation is 2. The second kappa shape index (κ2) is 5.00. The number of H-pyrrole nitrogens is 1. The van der Waals surface area contributed by atoms with Crippen LogP contribution < -0.4 is 0 Å². The Labute approximate surface area is 122 Å². The van der Waals surface area contributed by atoms with Crippen molar-refractivity contribution in [3.8, 4) is 0 Å². The van der Waals surface area contributed by atoms with Crippen LogP contribution >= 0.6 is 0 Å². The number of amides is 1. The predicted octanol–water partition coefficient (Wildman–Crippen LogP) is 1.00. The van der Waals surface area contributed by atoms with Crippen LogP contribution in [0.2, 0.25) is 0 Å². The largest absolute Gasteiger partial charge is 0.378 e. The Bertz CT molecular complexity index is 663. The Balaban J connectivity index is 1.78. The van der Waals surface area contributed by atoms with E-state index in [-0.39, 0.29) is 18.3 Å². The minimum atomic E-state index is -1.25. The summed E-state index contributed by atoms with van der Waals surface area (Å²) in [5.41, 5.74) is 0.195. The monoisotopic (exact) mass is 290 g/mol. The fourth-order valence-electron chi connectivity index (χ4n) is 2.58. The lowest BCUT2D eigenvalue weighted by Gasteiger charge is -2.19. The van der Waals surface area contributed by atoms with E-state index in [4.69, 9.17) is 4.52 Å². The second-order valence-electron chi connectivity index (χ2n) is 5.39. The Morgan fingerprint density at radius 2 is 2.43 bits per heavy atom. The summed E-state index contributed by atoms with van der Waals surface area (Å²) in [4.78, 5) is 21.2. The number of β-amino-alcohol motifs (C(OH)–C–C–N with tert-alkyl or cyclic N) is 1. The number of aromatic amines is 1. The third kappa shape index (κ3) is 2.33. The van der Waals surface area contributed by atoms with Crippen molar-refractivity contribution in [3.63, 3.8) is 0 Å². The molecule has 21 heavy (non-hydrogen) atoms. The molecule has 0 spiro atoms. The smallest absolute Gasteiger partial charge is 0.260 e. The third-order valence-electron chi connectivity index (χ3n) is 3.90. The van der Waals surface area contributed by atoms with Crippen molar-refractivity contribution < 1.29 is 14.4 Å². The van der Waals surface area contributed by atoms with E-state index < -0.39 is 5.60 Å². The zero-order valence-electron chi connectivity index (χ0n) is 12.1. The van der Waals surface area contributed by atoms with E-state index in [0.29, 0.717) is 30.8 Å². The molecule has 0 aromatic carbocycles. The lowest BCUT2D eigenvalue weighted by molar-refractivity contribution is 0.0136. The number of likely N-dealkylation sites (tertiary alicyclic amines) is 1. The standard InChI is InChI=1S/C14H18N4O3/c1-3-11-16-13(21-17-11)14(20)5-7-18(8-14)12(19)10-4-6-15-9(10)2/h4,6,15,20H,3,5,7-8H2,1-2H3. The maximum Gasteiger partial charge on any atom is 0.260 e. The molecule has 0 bridgehead atoms. The number of carbonyl (C=O) groups excluding carboxylic acids is 1. The van der Waals surface area contributed by atoms with E-state index in [1.165, 1.54) is 0 Å². The Morgan fingerprint density at radius 3 is 3.05 bits per heavy atom. The molecule has 1 unspecified atom stereocenters. The van der Waals surface area contributed by atoms with Gasteiger partial charge in [0.25, 0.3) is 11.8 Å². The summed E-state index contributed by atoms with van der Waals surface area (Å²) in [6.07, 6.45) is 2.77. The molecule has 7 nitrogen and oxygen atoms in total. The van der Waals surface area contributed by atoms with Gasteiger partial charge in [-0.2, -0.15) is 4.98 Å². The number of rotatable bonds is 3. The van der Waals surface area contributed by atoms with Gasteiger partial charge in [0.1, 0.15) is 0 Å². The maximum absolute atomic E-state index is 12.4. The summed E-state index contributed by atoms with van der Waals surface area (Å²) < 4.78 is 5.13. The van der Waals surface area contributed by atoms with Gasteiger partial charge < -0.3 is 19.5 Å². The molecular weight excluding hydrogens is 272 g/mol. The molecule has 112 valence electrons. The van der Waals surface area contributed by atoms with Crippen molar-refractivity contribution >= 4 is 5.91 Å². The number of aliphatic hydroxyl groups is 1. The van der Waals surface area contributed by atoms with Crippen LogP contribution in [0.5, 0.6) is 0 Å². The van der Waals surface area contributed by atoms with Crippen molar-refractivity contribution in [1.29, 1.82) is 0 Å². The highest BCUT2D eigenvalue weighted by Gasteiger charge is 2.44. The molecule has 0 radical (unpaired) electrons.